The molecule has 1 heterocycles. The zero-order valence-corrected chi connectivity index (χ0v) is 11.7. The molecule has 4 nitrogen and oxygen atoms in total. The maximum atomic E-state index is 12.0. The third kappa shape index (κ3) is 3.96. The van der Waals surface area contributed by atoms with E-state index in [2.05, 4.69) is 5.32 Å². The molecule has 1 fully saturated rings. The lowest BCUT2D eigenvalue weighted by Crippen LogP contribution is -2.26. The van der Waals surface area contributed by atoms with Gasteiger partial charge in [-0.25, -0.2) is 0 Å². The third-order valence-electron chi connectivity index (χ3n) is 3.49. The summed E-state index contributed by atoms with van der Waals surface area (Å²) in [7, 11) is 3.94. The topological polar surface area (TPSA) is 41.6 Å². The molecule has 1 aliphatic rings. The summed E-state index contributed by atoms with van der Waals surface area (Å²) in [5.74, 6) is 0.607. The highest BCUT2D eigenvalue weighted by molar-refractivity contribution is 5.95. The second kappa shape index (κ2) is 6.57. The Bertz CT molecular complexity index is 426. The molecule has 1 saturated heterocycles. The molecule has 4 heteroatoms. The van der Waals surface area contributed by atoms with Gasteiger partial charge in [-0.3, -0.25) is 4.79 Å². The zero-order valence-electron chi connectivity index (χ0n) is 11.7. The van der Waals surface area contributed by atoms with E-state index in [4.69, 9.17) is 4.74 Å². The first-order valence-corrected chi connectivity index (χ1v) is 6.80. The number of anilines is 1. The number of nitrogens with one attached hydrogen (secondary N) is 1. The van der Waals surface area contributed by atoms with Crippen molar-refractivity contribution in [3.8, 4) is 0 Å². The van der Waals surface area contributed by atoms with Crippen LogP contribution in [-0.2, 0) is 4.74 Å². The van der Waals surface area contributed by atoms with Crippen LogP contribution >= 0.6 is 0 Å². The van der Waals surface area contributed by atoms with Gasteiger partial charge in [-0.1, -0.05) is 6.07 Å². The van der Waals surface area contributed by atoms with E-state index in [9.17, 15) is 4.79 Å². The summed E-state index contributed by atoms with van der Waals surface area (Å²) < 4.78 is 5.32. The Balaban J connectivity index is 1.83. The van der Waals surface area contributed by atoms with Gasteiger partial charge in [0.1, 0.15) is 0 Å². The largest absolute Gasteiger partial charge is 0.381 e. The Hall–Kier alpha value is -1.55. The van der Waals surface area contributed by atoms with Crippen LogP contribution in [0.25, 0.3) is 0 Å². The molecular weight excluding hydrogens is 240 g/mol. The third-order valence-corrected chi connectivity index (χ3v) is 3.49. The Morgan fingerprint density at radius 2 is 2.32 bits per heavy atom. The molecule has 1 aromatic carbocycles. The molecule has 0 bridgehead atoms. The van der Waals surface area contributed by atoms with Gasteiger partial charge in [-0.15, -0.1) is 0 Å². The number of amides is 1. The van der Waals surface area contributed by atoms with Crippen LogP contribution in [0.3, 0.4) is 0 Å². The molecule has 1 atom stereocenters. The Morgan fingerprint density at radius 1 is 1.47 bits per heavy atom. The van der Waals surface area contributed by atoms with Gasteiger partial charge in [0.25, 0.3) is 5.91 Å². The van der Waals surface area contributed by atoms with Gasteiger partial charge in [-0.2, -0.15) is 0 Å². The van der Waals surface area contributed by atoms with Crippen LogP contribution in [-0.4, -0.2) is 39.8 Å². The maximum Gasteiger partial charge on any atom is 0.251 e. The lowest BCUT2D eigenvalue weighted by molar-refractivity contribution is 0.0950. The number of hydrogen-bond donors (Lipinski definition) is 1. The summed E-state index contributed by atoms with van der Waals surface area (Å²) in [4.78, 5) is 14.0. The fourth-order valence-electron chi connectivity index (χ4n) is 2.23. The monoisotopic (exact) mass is 262 g/mol. The molecule has 0 radical (unpaired) electrons. The van der Waals surface area contributed by atoms with E-state index in [-0.39, 0.29) is 5.91 Å². The summed E-state index contributed by atoms with van der Waals surface area (Å²) in [6, 6.07) is 7.66. The van der Waals surface area contributed by atoms with E-state index in [1.54, 1.807) is 0 Å². The van der Waals surface area contributed by atoms with Crippen molar-refractivity contribution in [2.45, 2.75) is 12.8 Å². The van der Waals surface area contributed by atoms with Crippen LogP contribution in [0.15, 0.2) is 24.3 Å². The minimum atomic E-state index is 0.00242. The van der Waals surface area contributed by atoms with Crippen LogP contribution in [0.1, 0.15) is 23.2 Å². The van der Waals surface area contributed by atoms with Gasteiger partial charge < -0.3 is 15.0 Å². The van der Waals surface area contributed by atoms with Crippen LogP contribution in [0.5, 0.6) is 0 Å². The molecule has 0 spiro atoms. The van der Waals surface area contributed by atoms with E-state index >= 15 is 0 Å². The number of hydrogen-bond acceptors (Lipinski definition) is 3. The van der Waals surface area contributed by atoms with Crippen LogP contribution in [0.2, 0.25) is 0 Å². The van der Waals surface area contributed by atoms with Gasteiger partial charge >= 0.3 is 0 Å². The molecule has 1 N–H and O–H groups in total. The molecule has 19 heavy (non-hydrogen) atoms. The number of rotatable bonds is 5. The summed E-state index contributed by atoms with van der Waals surface area (Å²) in [6.45, 7) is 2.43. The molecule has 0 unspecified atom stereocenters. The first kappa shape index (κ1) is 13.9. The number of carbonyl (C=O) groups is 1. The smallest absolute Gasteiger partial charge is 0.251 e. The molecule has 1 aliphatic heterocycles. The molecule has 0 aromatic heterocycles. The molecular formula is C15H22N2O2. The molecule has 0 saturated carbocycles. The van der Waals surface area contributed by atoms with Gasteiger partial charge in [0.15, 0.2) is 0 Å². The SMILES string of the molecule is CN(C)c1cccc(C(=O)NCC[C@H]2CCOC2)c1. The van der Waals surface area contributed by atoms with E-state index in [0.29, 0.717) is 11.5 Å². The highest BCUT2D eigenvalue weighted by Gasteiger charge is 2.15. The van der Waals surface area contributed by atoms with Crippen molar-refractivity contribution in [3.05, 3.63) is 29.8 Å². The van der Waals surface area contributed by atoms with Gasteiger partial charge in [0.05, 0.1) is 0 Å². The fraction of sp³-hybridized carbons (Fsp3) is 0.533. The first-order chi connectivity index (χ1) is 9.16. The normalized spacial score (nSPS) is 18.3. The molecule has 0 aliphatic carbocycles. The van der Waals surface area contributed by atoms with Crippen molar-refractivity contribution in [2.75, 3.05) is 38.8 Å². The van der Waals surface area contributed by atoms with Crippen LogP contribution in [0.4, 0.5) is 5.69 Å². The maximum absolute atomic E-state index is 12.0. The van der Waals surface area contributed by atoms with Gasteiger partial charge in [0.2, 0.25) is 0 Å². The highest BCUT2D eigenvalue weighted by atomic mass is 16.5. The number of carbonyl (C=O) groups excluding carboxylic acids is 1. The molecule has 1 amide bonds. The lowest BCUT2D eigenvalue weighted by atomic mass is 10.1. The standard InChI is InChI=1S/C15H22N2O2/c1-17(2)14-5-3-4-13(10-14)15(18)16-8-6-12-7-9-19-11-12/h3-5,10,12H,6-9,11H2,1-2H3,(H,16,18)/t12-/m0/s1. The zero-order chi connectivity index (χ0) is 13.7. The number of ether oxygens (including phenoxy) is 1. The molecule has 1 aromatic rings. The quantitative estimate of drug-likeness (QED) is 0.881. The van der Waals surface area contributed by atoms with Crippen molar-refractivity contribution in [1.82, 2.24) is 5.32 Å². The highest BCUT2D eigenvalue weighted by Crippen LogP contribution is 2.16. The van der Waals surface area contributed by atoms with Crippen molar-refractivity contribution >= 4 is 11.6 Å². The fourth-order valence-corrected chi connectivity index (χ4v) is 2.23. The van der Waals surface area contributed by atoms with E-state index < -0.39 is 0 Å². The lowest BCUT2D eigenvalue weighted by Gasteiger charge is -2.14. The Labute approximate surface area is 114 Å². The predicted octanol–water partition coefficient (Wildman–Crippen LogP) is 1.91. The Morgan fingerprint density at radius 3 is 3.00 bits per heavy atom. The average Bonchev–Trinajstić information content (AvgIpc) is 2.92. The summed E-state index contributed by atoms with van der Waals surface area (Å²) >= 11 is 0. The van der Waals surface area contributed by atoms with E-state index in [1.165, 1.54) is 0 Å². The average molecular weight is 262 g/mol. The predicted molar refractivity (Wildman–Crippen MR) is 76.6 cm³/mol. The number of benzene rings is 1. The first-order valence-electron chi connectivity index (χ1n) is 6.80. The minimum absolute atomic E-state index is 0.00242. The van der Waals surface area contributed by atoms with Crippen LogP contribution < -0.4 is 10.2 Å². The summed E-state index contributed by atoms with van der Waals surface area (Å²) in [5.41, 5.74) is 1.76. The van der Waals surface area contributed by atoms with Gasteiger partial charge in [0, 0.05) is 45.1 Å². The van der Waals surface area contributed by atoms with Crippen LogP contribution in [0, 0.1) is 5.92 Å². The second-order valence-corrected chi connectivity index (χ2v) is 5.22. The van der Waals surface area contributed by atoms with Crippen molar-refractivity contribution in [1.29, 1.82) is 0 Å². The Kier molecular flexibility index (Phi) is 4.80. The molecule has 104 valence electrons. The second-order valence-electron chi connectivity index (χ2n) is 5.22. The van der Waals surface area contributed by atoms with Crippen molar-refractivity contribution < 1.29 is 9.53 Å². The number of nitrogens with zero attached hydrogens (tertiary/aromatic N) is 1. The molecule has 2 rings (SSSR count). The van der Waals surface area contributed by atoms with E-state index in [0.717, 1.165) is 38.3 Å². The van der Waals surface area contributed by atoms with Crippen molar-refractivity contribution in [3.63, 3.8) is 0 Å². The minimum Gasteiger partial charge on any atom is -0.381 e. The van der Waals surface area contributed by atoms with Gasteiger partial charge in [-0.05, 0) is 37.0 Å². The van der Waals surface area contributed by atoms with E-state index in [1.807, 2.05) is 43.3 Å². The van der Waals surface area contributed by atoms with Crippen molar-refractivity contribution in [2.24, 2.45) is 5.92 Å². The summed E-state index contributed by atoms with van der Waals surface area (Å²) in [5, 5.41) is 2.98. The summed E-state index contributed by atoms with van der Waals surface area (Å²) in [6.07, 6.45) is 2.12.